The number of carbonyl (C=O) groups is 1. The summed E-state index contributed by atoms with van der Waals surface area (Å²) in [7, 11) is 0.113. The normalized spacial score (nSPS) is 11.9. The highest BCUT2D eigenvalue weighted by Crippen LogP contribution is 2.13. The van der Waals surface area contributed by atoms with E-state index in [1.165, 1.54) is 6.42 Å². The first-order valence-electron chi connectivity index (χ1n) is 7.24. The molecule has 0 spiro atoms. The molecule has 0 bridgehead atoms. The number of hydrogen-bond donors (Lipinski definition) is 1. The summed E-state index contributed by atoms with van der Waals surface area (Å²) in [6, 6.07) is 6.78. The van der Waals surface area contributed by atoms with E-state index in [9.17, 15) is 9.00 Å². The zero-order valence-electron chi connectivity index (χ0n) is 14.3. The maximum absolute atomic E-state index is 11.9. The molecule has 1 aromatic rings. The van der Waals surface area contributed by atoms with Gasteiger partial charge >= 0.3 is 5.97 Å². The van der Waals surface area contributed by atoms with Crippen molar-refractivity contribution in [1.82, 2.24) is 4.72 Å². The molecule has 1 N–H and O–H groups in total. The lowest BCUT2D eigenvalue weighted by molar-refractivity contribution is -0.153. The Labute approximate surface area is 136 Å². The van der Waals surface area contributed by atoms with Gasteiger partial charge in [0.2, 0.25) is 0 Å². The molecule has 22 heavy (non-hydrogen) atoms. The summed E-state index contributed by atoms with van der Waals surface area (Å²) < 4.78 is 24.6. The molecule has 1 unspecified atom stereocenters. The fourth-order valence-electron chi connectivity index (χ4n) is 1.28. The van der Waals surface area contributed by atoms with Crippen molar-refractivity contribution in [2.45, 2.75) is 51.5 Å². The van der Waals surface area contributed by atoms with Gasteiger partial charge in [0.1, 0.15) is 28.9 Å². The lowest BCUT2D eigenvalue weighted by atomic mass is 10.2. The van der Waals surface area contributed by atoms with Gasteiger partial charge in [0.15, 0.2) is 0 Å². The topological polar surface area (TPSA) is 64.6 Å². The second-order valence-electron chi connectivity index (χ2n) is 5.56. The van der Waals surface area contributed by atoms with Crippen molar-refractivity contribution in [2.75, 3.05) is 13.7 Å². The van der Waals surface area contributed by atoms with Crippen LogP contribution in [-0.2, 0) is 20.5 Å². The molecule has 0 heterocycles. The summed E-state index contributed by atoms with van der Waals surface area (Å²) in [5.74, 6) is 0.252. The number of nitrogens with one attached hydrogen (secondary N) is 1. The fraction of sp³-hybridized carbons (Fsp3) is 0.562. The zero-order valence-corrected chi connectivity index (χ0v) is 15.1. The lowest BCUT2D eigenvalue weighted by Gasteiger charge is -2.19. The molecule has 0 aliphatic carbocycles. The molecule has 126 valence electrons. The smallest absolute Gasteiger partial charge is 0.321 e. The Bertz CT molecular complexity index is 466. The van der Waals surface area contributed by atoms with Crippen LogP contribution in [0, 0.1) is 0 Å². The van der Waals surface area contributed by atoms with Crippen molar-refractivity contribution >= 4 is 17.0 Å². The third-order valence-corrected chi connectivity index (χ3v) is 3.15. The van der Waals surface area contributed by atoms with E-state index < -0.39 is 22.6 Å². The maximum Gasteiger partial charge on any atom is 0.321 e. The van der Waals surface area contributed by atoms with Crippen molar-refractivity contribution in [3.63, 3.8) is 0 Å². The van der Waals surface area contributed by atoms with Crippen LogP contribution in [0.25, 0.3) is 0 Å². The lowest BCUT2D eigenvalue weighted by Crippen LogP contribution is -2.32. The Kier molecular flexibility index (Phi) is 9.69. The Morgan fingerprint density at radius 3 is 2.09 bits per heavy atom. The van der Waals surface area contributed by atoms with E-state index in [4.69, 9.17) is 9.47 Å². The summed E-state index contributed by atoms with van der Waals surface area (Å²) in [5.41, 5.74) is -0.541. The van der Waals surface area contributed by atoms with Gasteiger partial charge in [-0.05, 0) is 45.0 Å². The Balaban J connectivity index is 0.00000135. The molecule has 1 atom stereocenters. The summed E-state index contributed by atoms with van der Waals surface area (Å²) in [5, 5.41) is 0. The van der Waals surface area contributed by atoms with Gasteiger partial charge in [-0.3, -0.25) is 4.79 Å². The average Bonchev–Trinajstić information content (AvgIpc) is 2.44. The molecule has 0 amide bonds. The molecule has 0 radical (unpaired) electrons. The zero-order chi connectivity index (χ0) is 17.2. The Hall–Kier alpha value is -1.40. The van der Waals surface area contributed by atoms with Gasteiger partial charge in [0.25, 0.3) is 0 Å². The highest BCUT2D eigenvalue weighted by molar-refractivity contribution is 7.83. The fourth-order valence-corrected chi connectivity index (χ4v) is 2.08. The Morgan fingerprint density at radius 1 is 1.18 bits per heavy atom. The first-order valence-corrected chi connectivity index (χ1v) is 8.39. The van der Waals surface area contributed by atoms with E-state index in [0.717, 1.165) is 0 Å². The largest absolute Gasteiger partial charge is 0.497 e. The van der Waals surface area contributed by atoms with Crippen molar-refractivity contribution in [1.29, 1.82) is 0 Å². The standard InChI is InChI=1S/C13H19NO4S.C3H8/c1-13(2,3)18-12(15)9-14-19(16)11-7-5-10(17-4)6-8-11;1-3-2/h5-8,14H,9H2,1-4H3;3H2,1-2H3. The number of methoxy groups -OCH3 is 1. The highest BCUT2D eigenvalue weighted by Gasteiger charge is 2.16. The summed E-state index contributed by atoms with van der Waals surface area (Å²) in [4.78, 5) is 12.0. The van der Waals surface area contributed by atoms with Gasteiger partial charge in [-0.1, -0.05) is 20.3 Å². The van der Waals surface area contributed by atoms with Gasteiger partial charge in [0, 0.05) is 0 Å². The van der Waals surface area contributed by atoms with Crippen LogP contribution < -0.4 is 9.46 Å². The molecule has 1 aromatic carbocycles. The van der Waals surface area contributed by atoms with Gasteiger partial charge in [-0.2, -0.15) is 0 Å². The van der Waals surface area contributed by atoms with E-state index in [-0.39, 0.29) is 6.54 Å². The van der Waals surface area contributed by atoms with E-state index in [1.54, 1.807) is 52.1 Å². The summed E-state index contributed by atoms with van der Waals surface area (Å²) >= 11 is 0. The van der Waals surface area contributed by atoms with Gasteiger partial charge in [0.05, 0.1) is 12.0 Å². The maximum atomic E-state index is 11.9. The van der Waals surface area contributed by atoms with Crippen molar-refractivity contribution in [3.05, 3.63) is 24.3 Å². The third-order valence-electron chi connectivity index (χ3n) is 2.04. The molecule has 0 saturated heterocycles. The number of carbonyl (C=O) groups excluding carboxylic acids is 1. The van der Waals surface area contributed by atoms with Crippen molar-refractivity contribution in [2.24, 2.45) is 0 Å². The predicted molar refractivity (Wildman–Crippen MR) is 89.2 cm³/mol. The van der Waals surface area contributed by atoms with Crippen LogP contribution in [0.1, 0.15) is 41.0 Å². The second kappa shape index (κ2) is 10.3. The molecule has 0 aromatic heterocycles. The van der Waals surface area contributed by atoms with Gasteiger partial charge in [-0.25, -0.2) is 8.93 Å². The van der Waals surface area contributed by atoms with Crippen LogP contribution in [0.2, 0.25) is 0 Å². The minimum absolute atomic E-state index is 0.101. The van der Waals surface area contributed by atoms with Crippen molar-refractivity contribution in [3.8, 4) is 5.75 Å². The van der Waals surface area contributed by atoms with Crippen LogP contribution in [0.5, 0.6) is 5.75 Å². The van der Waals surface area contributed by atoms with Crippen LogP contribution in [0.3, 0.4) is 0 Å². The number of rotatable bonds is 5. The number of ether oxygens (including phenoxy) is 2. The average molecular weight is 329 g/mol. The van der Waals surface area contributed by atoms with Gasteiger partial charge in [-0.15, -0.1) is 0 Å². The molecule has 0 aliphatic rings. The third kappa shape index (κ3) is 9.52. The molecular weight excluding hydrogens is 302 g/mol. The molecule has 0 saturated carbocycles. The Morgan fingerprint density at radius 2 is 1.68 bits per heavy atom. The predicted octanol–water partition coefficient (Wildman–Crippen LogP) is 3.07. The van der Waals surface area contributed by atoms with Crippen LogP contribution in [0.15, 0.2) is 29.2 Å². The van der Waals surface area contributed by atoms with Crippen LogP contribution in [0.4, 0.5) is 0 Å². The minimum atomic E-state index is -1.45. The quantitative estimate of drug-likeness (QED) is 0.843. The number of esters is 1. The van der Waals surface area contributed by atoms with E-state index in [0.29, 0.717) is 10.6 Å². The molecule has 5 nitrogen and oxygen atoms in total. The molecule has 0 fully saturated rings. The summed E-state index contributed by atoms with van der Waals surface area (Å²) in [6.07, 6.45) is 1.25. The summed E-state index contributed by atoms with van der Waals surface area (Å²) in [6.45, 7) is 9.50. The van der Waals surface area contributed by atoms with Gasteiger partial charge < -0.3 is 9.47 Å². The molecule has 6 heteroatoms. The minimum Gasteiger partial charge on any atom is -0.497 e. The highest BCUT2D eigenvalue weighted by atomic mass is 32.2. The molecule has 0 aliphatic heterocycles. The van der Waals surface area contributed by atoms with Crippen LogP contribution >= 0.6 is 0 Å². The van der Waals surface area contributed by atoms with Crippen LogP contribution in [-0.4, -0.2) is 29.4 Å². The number of benzene rings is 1. The first kappa shape index (κ1) is 20.6. The molecular formula is C16H27NO4S. The SMILES string of the molecule is CCC.COc1ccc(S(=O)NCC(=O)OC(C)(C)C)cc1. The molecule has 1 rings (SSSR count). The van der Waals surface area contributed by atoms with E-state index in [1.807, 2.05) is 0 Å². The van der Waals surface area contributed by atoms with E-state index in [2.05, 4.69) is 18.6 Å². The van der Waals surface area contributed by atoms with Crippen molar-refractivity contribution < 1.29 is 18.5 Å². The monoisotopic (exact) mass is 329 g/mol. The second-order valence-corrected chi connectivity index (χ2v) is 6.86. The first-order chi connectivity index (χ1) is 10.2. The van der Waals surface area contributed by atoms with E-state index >= 15 is 0 Å². The number of hydrogen-bond acceptors (Lipinski definition) is 4.